The zero-order valence-electron chi connectivity index (χ0n) is 14.0. The lowest BCUT2D eigenvalue weighted by atomic mass is 10.3. The van der Waals surface area contributed by atoms with Gasteiger partial charge in [0.1, 0.15) is 0 Å². The molecule has 0 unspecified atom stereocenters. The van der Waals surface area contributed by atoms with E-state index < -0.39 is 12.3 Å². The van der Waals surface area contributed by atoms with E-state index in [4.69, 9.17) is 16.3 Å². The number of nitrogens with one attached hydrogen (secondary N) is 1. The first kappa shape index (κ1) is 6.51. The van der Waals surface area contributed by atoms with Crippen molar-refractivity contribution in [2.75, 3.05) is 25.1 Å². The fraction of sp³-hybridized carbons (Fsp3) is 0.500. The lowest BCUT2D eigenvalue weighted by molar-refractivity contribution is -0.126. The van der Waals surface area contributed by atoms with Crippen molar-refractivity contribution in [3.63, 3.8) is 0 Å². The highest BCUT2D eigenvalue weighted by Crippen LogP contribution is 2.06. The quantitative estimate of drug-likeness (QED) is 0.707. The predicted molar refractivity (Wildman–Crippen MR) is 62.0 cm³/mol. The summed E-state index contributed by atoms with van der Waals surface area (Å²) in [5, 5.41) is 2.81. The molecule has 0 aliphatic heterocycles. The zero-order chi connectivity index (χ0) is 15.3. The van der Waals surface area contributed by atoms with Gasteiger partial charge in [0.15, 0.2) is 6.29 Å². The smallest absolute Gasteiger partial charge is 0.174 e. The van der Waals surface area contributed by atoms with Crippen LogP contribution in [-0.2, 0) is 9.47 Å². The minimum Gasteiger partial charge on any atom is -0.380 e. The number of anilines is 1. The molecule has 0 amide bonds. The van der Waals surface area contributed by atoms with Gasteiger partial charge in [-0.25, -0.2) is 0 Å². The van der Waals surface area contributed by atoms with Gasteiger partial charge in [0.05, 0.1) is 13.4 Å². The Balaban J connectivity index is 2.92. The zero-order valence-corrected chi connectivity index (χ0v) is 9.02. The van der Waals surface area contributed by atoms with Crippen LogP contribution < -0.4 is 5.32 Å². The van der Waals surface area contributed by atoms with Gasteiger partial charge in [0.25, 0.3) is 0 Å². The maximum absolute atomic E-state index is 7.77. The van der Waals surface area contributed by atoms with E-state index in [2.05, 4.69) is 5.32 Å². The van der Waals surface area contributed by atoms with Crippen LogP contribution in [0.2, 0.25) is 0 Å². The summed E-state index contributed by atoms with van der Waals surface area (Å²) in [6.45, 7) is 4.79. The molecular formula is C12H19NO2. The molecule has 84 valence electrons. The summed E-state index contributed by atoms with van der Waals surface area (Å²) in [6.07, 6.45) is -0.525. The Labute approximate surface area is 98.4 Å². The van der Waals surface area contributed by atoms with Crippen LogP contribution in [0.3, 0.4) is 0 Å². The van der Waals surface area contributed by atoms with Gasteiger partial charge in [-0.2, -0.15) is 0 Å². The Morgan fingerprint density at radius 1 is 1.20 bits per heavy atom. The van der Waals surface area contributed by atoms with Gasteiger partial charge >= 0.3 is 0 Å². The van der Waals surface area contributed by atoms with E-state index in [0.717, 1.165) is 0 Å². The van der Waals surface area contributed by atoms with Crippen LogP contribution in [0, 0.1) is 0 Å². The molecule has 0 saturated carbocycles. The third-order valence-electron chi connectivity index (χ3n) is 1.65. The first-order chi connectivity index (χ1) is 9.43. The van der Waals surface area contributed by atoms with E-state index in [-0.39, 0.29) is 36.4 Å². The lowest BCUT2D eigenvalue weighted by Gasteiger charge is -2.17. The number of para-hydroxylation sites is 1. The first-order valence-corrected chi connectivity index (χ1v) is 4.97. The van der Waals surface area contributed by atoms with Gasteiger partial charge in [0.2, 0.25) is 0 Å². The molecule has 0 aliphatic carbocycles. The molecule has 3 heteroatoms. The summed E-state index contributed by atoms with van der Waals surface area (Å²) in [5.74, 6) is 0. The summed E-state index contributed by atoms with van der Waals surface area (Å²) >= 11 is 0. The normalized spacial score (nSPS) is 15.3. The largest absolute Gasteiger partial charge is 0.380 e. The lowest BCUT2D eigenvalue weighted by Crippen LogP contribution is -2.26. The van der Waals surface area contributed by atoms with Crippen molar-refractivity contribution in [1.29, 1.82) is 0 Å². The van der Waals surface area contributed by atoms with Crippen LogP contribution in [0.25, 0.3) is 0 Å². The minimum atomic E-state index is -0.525. The second kappa shape index (κ2) is 7.26. The van der Waals surface area contributed by atoms with Crippen molar-refractivity contribution in [2.24, 2.45) is 0 Å². The Bertz CT molecular complexity index is 435. The van der Waals surface area contributed by atoms with Crippen LogP contribution in [0.5, 0.6) is 0 Å². The summed E-state index contributed by atoms with van der Waals surface area (Å²) < 4.78 is 48.9. The Kier molecular flexibility index (Phi) is 3.15. The maximum atomic E-state index is 7.77. The molecule has 0 radical (unpaired) electrons. The van der Waals surface area contributed by atoms with E-state index in [0.29, 0.717) is 13.2 Å². The topological polar surface area (TPSA) is 30.5 Å². The maximum Gasteiger partial charge on any atom is 0.174 e. The summed E-state index contributed by atoms with van der Waals surface area (Å²) in [5.41, 5.74) is 0.0559. The fourth-order valence-electron chi connectivity index (χ4n) is 1.06. The predicted octanol–water partition coefficient (Wildman–Crippen LogP) is 2.50. The van der Waals surface area contributed by atoms with Crippen molar-refractivity contribution in [3.8, 4) is 0 Å². The Hall–Kier alpha value is -1.06. The third-order valence-corrected chi connectivity index (χ3v) is 1.65. The van der Waals surface area contributed by atoms with Crippen LogP contribution in [0.15, 0.2) is 30.2 Å². The Morgan fingerprint density at radius 2 is 1.80 bits per heavy atom. The van der Waals surface area contributed by atoms with Gasteiger partial charge in [-0.1, -0.05) is 18.1 Å². The second-order valence-electron chi connectivity index (χ2n) is 2.72. The number of hydrogen-bond acceptors (Lipinski definition) is 3. The summed E-state index contributed by atoms with van der Waals surface area (Å²) in [7, 11) is 0. The van der Waals surface area contributed by atoms with E-state index in [1.165, 1.54) is 0 Å². The minimum absolute atomic E-state index is 0.0559. The first-order valence-electron chi connectivity index (χ1n) is 7.47. The second-order valence-corrected chi connectivity index (χ2v) is 2.72. The van der Waals surface area contributed by atoms with Crippen LogP contribution in [-0.4, -0.2) is 26.0 Å². The molecule has 1 aromatic rings. The van der Waals surface area contributed by atoms with Crippen molar-refractivity contribution in [3.05, 3.63) is 30.2 Å². The number of benzene rings is 1. The highest BCUT2D eigenvalue weighted by molar-refractivity contribution is 5.42. The monoisotopic (exact) mass is 214 g/mol. The van der Waals surface area contributed by atoms with Crippen LogP contribution in [0.4, 0.5) is 5.69 Å². The average Bonchev–Trinajstić information content (AvgIpc) is 2.43. The average molecular weight is 214 g/mol. The molecule has 0 atom stereocenters. The summed E-state index contributed by atoms with van der Waals surface area (Å²) in [6, 6.07) is -1.65. The van der Waals surface area contributed by atoms with E-state index >= 15 is 0 Å². The van der Waals surface area contributed by atoms with Crippen molar-refractivity contribution in [1.82, 2.24) is 0 Å². The van der Waals surface area contributed by atoms with Crippen molar-refractivity contribution in [2.45, 2.75) is 20.1 Å². The highest BCUT2D eigenvalue weighted by atomic mass is 16.7. The van der Waals surface area contributed by atoms with Gasteiger partial charge in [-0.3, -0.25) is 0 Å². The molecule has 0 heterocycles. The molecule has 1 rings (SSSR count). The molecule has 0 aromatic heterocycles. The molecule has 0 aliphatic rings. The van der Waals surface area contributed by atoms with Gasteiger partial charge in [-0.15, -0.1) is 0 Å². The van der Waals surface area contributed by atoms with Gasteiger partial charge in [0, 0.05) is 18.9 Å². The summed E-state index contributed by atoms with van der Waals surface area (Å²) in [4.78, 5) is 0. The Morgan fingerprint density at radius 3 is 2.33 bits per heavy atom. The van der Waals surface area contributed by atoms with E-state index in [1.54, 1.807) is 0 Å². The molecular weight excluding hydrogens is 190 g/mol. The van der Waals surface area contributed by atoms with Crippen molar-refractivity contribution < 1.29 is 16.3 Å². The molecule has 1 N–H and O–H groups in total. The van der Waals surface area contributed by atoms with E-state index in [1.807, 2.05) is 13.8 Å². The molecule has 3 nitrogen and oxygen atoms in total. The molecule has 0 fully saturated rings. The highest BCUT2D eigenvalue weighted by Gasteiger charge is 2.06. The standard InChI is InChI=1S/C12H19NO2/c1-3-14-12(15-4-2)10-13-11-8-6-5-7-9-11/h5-9,12-13H,3-4,10H2,1-2H3/i5D,6D,7D,8D,9D. The fourth-order valence-corrected chi connectivity index (χ4v) is 1.06. The van der Waals surface area contributed by atoms with E-state index in [9.17, 15) is 0 Å². The molecule has 15 heavy (non-hydrogen) atoms. The number of rotatable bonds is 7. The van der Waals surface area contributed by atoms with Gasteiger partial charge in [-0.05, 0) is 25.9 Å². The number of hydrogen-bond donors (Lipinski definition) is 1. The molecule has 0 bridgehead atoms. The SMILES string of the molecule is [2H]c1c([2H])c([2H])c(NCC(OCC)OCC)c([2H])c1[2H]. The molecule has 0 spiro atoms. The van der Waals surface area contributed by atoms with Gasteiger partial charge < -0.3 is 14.8 Å². The third kappa shape index (κ3) is 4.81. The van der Waals surface area contributed by atoms with Crippen molar-refractivity contribution >= 4 is 5.69 Å². The molecule has 0 saturated heterocycles. The van der Waals surface area contributed by atoms with Crippen LogP contribution in [0.1, 0.15) is 20.7 Å². The number of ether oxygens (including phenoxy) is 2. The van der Waals surface area contributed by atoms with Crippen LogP contribution >= 0.6 is 0 Å². The molecule has 1 aromatic carbocycles.